The molecule has 5 rings (SSSR count). The summed E-state index contributed by atoms with van der Waals surface area (Å²) in [4.78, 5) is 13.3. The summed E-state index contributed by atoms with van der Waals surface area (Å²) in [5.41, 5.74) is 5.48. The average Bonchev–Trinajstić information content (AvgIpc) is 3.43. The molecule has 0 aromatic heterocycles. The lowest BCUT2D eigenvalue weighted by atomic mass is 9.91. The first-order valence-electron chi connectivity index (χ1n) is 10.9. The highest BCUT2D eigenvalue weighted by atomic mass is 35.5. The number of hydrogen-bond donors (Lipinski definition) is 1. The van der Waals surface area contributed by atoms with Crippen molar-refractivity contribution in [2.24, 2.45) is 22.9 Å². The quantitative estimate of drug-likeness (QED) is 0.677. The van der Waals surface area contributed by atoms with Crippen molar-refractivity contribution in [1.82, 2.24) is 10.4 Å². The minimum Gasteiger partial charge on any atom is -0.284 e. The molecule has 2 aliphatic heterocycles. The standard InChI is InChI=1S/C24H26Cl2N4O/c1-15-22(24(31)28-29-13-17-5-4-6-18(17)14-29)27-30(21-8-3-2-7-20(21)26)23(15)16-9-11-19(25)12-10-16/h2-3,7-12,15,17-18,23H,4-6,13-14H2,1H3,(H,28,31). The molecule has 2 fully saturated rings. The summed E-state index contributed by atoms with van der Waals surface area (Å²) in [5.74, 6) is 1.19. The highest BCUT2D eigenvalue weighted by Gasteiger charge is 2.42. The van der Waals surface area contributed by atoms with E-state index in [-0.39, 0.29) is 17.9 Å². The summed E-state index contributed by atoms with van der Waals surface area (Å²) in [6, 6.07) is 15.2. The molecule has 162 valence electrons. The first-order valence-corrected chi connectivity index (χ1v) is 11.7. The summed E-state index contributed by atoms with van der Waals surface area (Å²) in [5, 5.41) is 10.0. The van der Waals surface area contributed by atoms with E-state index in [4.69, 9.17) is 28.3 Å². The molecule has 3 aliphatic rings. The SMILES string of the molecule is CC1C(C(=O)NN2CC3CCCC3C2)=NN(c2ccccc2Cl)C1c1ccc(Cl)cc1. The minimum atomic E-state index is -0.143. The number of anilines is 1. The van der Waals surface area contributed by atoms with Crippen LogP contribution < -0.4 is 10.4 Å². The van der Waals surface area contributed by atoms with Crippen LogP contribution in [-0.2, 0) is 4.79 Å². The second-order valence-electron chi connectivity index (χ2n) is 8.86. The molecule has 0 radical (unpaired) electrons. The van der Waals surface area contributed by atoms with Crippen LogP contribution in [0.25, 0.3) is 0 Å². The molecular weight excluding hydrogens is 431 g/mol. The molecule has 31 heavy (non-hydrogen) atoms. The maximum atomic E-state index is 13.3. The van der Waals surface area contributed by atoms with Crippen molar-refractivity contribution in [2.75, 3.05) is 18.1 Å². The van der Waals surface area contributed by atoms with Gasteiger partial charge in [0.15, 0.2) is 0 Å². The number of hydrogen-bond acceptors (Lipinski definition) is 4. The van der Waals surface area contributed by atoms with Crippen molar-refractivity contribution in [1.29, 1.82) is 0 Å². The number of rotatable bonds is 4. The molecule has 1 saturated carbocycles. The van der Waals surface area contributed by atoms with E-state index in [1.165, 1.54) is 19.3 Å². The number of nitrogens with zero attached hydrogens (tertiary/aromatic N) is 3. The first-order chi connectivity index (χ1) is 15.0. The third-order valence-corrected chi connectivity index (χ3v) is 7.48. The van der Waals surface area contributed by atoms with Gasteiger partial charge in [-0.25, -0.2) is 5.01 Å². The molecule has 0 bridgehead atoms. The Morgan fingerprint density at radius 3 is 2.39 bits per heavy atom. The van der Waals surface area contributed by atoms with Crippen LogP contribution in [0, 0.1) is 17.8 Å². The van der Waals surface area contributed by atoms with Crippen molar-refractivity contribution in [2.45, 2.75) is 32.2 Å². The molecule has 2 aromatic carbocycles. The van der Waals surface area contributed by atoms with E-state index >= 15 is 0 Å². The lowest BCUT2D eigenvalue weighted by molar-refractivity contribution is -0.119. The molecule has 1 N–H and O–H groups in total. The second kappa shape index (κ2) is 8.45. The number of carbonyl (C=O) groups is 1. The fourth-order valence-corrected chi connectivity index (χ4v) is 5.69. The van der Waals surface area contributed by atoms with E-state index in [9.17, 15) is 4.79 Å². The summed E-state index contributed by atoms with van der Waals surface area (Å²) in [6.07, 6.45) is 3.86. The van der Waals surface area contributed by atoms with Crippen molar-refractivity contribution in [3.63, 3.8) is 0 Å². The number of benzene rings is 2. The monoisotopic (exact) mass is 456 g/mol. The van der Waals surface area contributed by atoms with Gasteiger partial charge >= 0.3 is 0 Å². The predicted molar refractivity (Wildman–Crippen MR) is 125 cm³/mol. The number of nitrogens with one attached hydrogen (secondary N) is 1. The summed E-state index contributed by atoms with van der Waals surface area (Å²) >= 11 is 12.6. The number of fused-ring (bicyclic) bond motifs is 1. The van der Waals surface area contributed by atoms with Crippen molar-refractivity contribution in [3.8, 4) is 0 Å². The highest BCUT2D eigenvalue weighted by molar-refractivity contribution is 6.40. The Labute approximate surface area is 193 Å². The van der Waals surface area contributed by atoms with Crippen molar-refractivity contribution < 1.29 is 4.79 Å². The van der Waals surface area contributed by atoms with Crippen LogP contribution in [0.2, 0.25) is 10.0 Å². The summed E-state index contributed by atoms with van der Waals surface area (Å²) in [6.45, 7) is 3.92. The zero-order valence-corrected chi connectivity index (χ0v) is 19.0. The van der Waals surface area contributed by atoms with Gasteiger partial charge in [0.2, 0.25) is 0 Å². The Morgan fingerprint density at radius 1 is 1.03 bits per heavy atom. The molecule has 2 aromatic rings. The molecule has 5 nitrogen and oxygen atoms in total. The third kappa shape index (κ3) is 3.95. The number of amides is 1. The minimum absolute atomic E-state index is 0.112. The molecule has 4 atom stereocenters. The van der Waals surface area contributed by atoms with Crippen LogP contribution in [0.1, 0.15) is 37.8 Å². The second-order valence-corrected chi connectivity index (χ2v) is 9.71. The van der Waals surface area contributed by atoms with Crippen LogP contribution in [-0.4, -0.2) is 29.7 Å². The third-order valence-electron chi connectivity index (χ3n) is 6.91. The van der Waals surface area contributed by atoms with Crippen LogP contribution in [0.3, 0.4) is 0 Å². The predicted octanol–water partition coefficient (Wildman–Crippen LogP) is 5.31. The lowest BCUT2D eigenvalue weighted by Gasteiger charge is -2.27. The van der Waals surface area contributed by atoms with Gasteiger partial charge in [-0.15, -0.1) is 0 Å². The fourth-order valence-electron chi connectivity index (χ4n) is 5.34. The van der Waals surface area contributed by atoms with Gasteiger partial charge < -0.3 is 0 Å². The van der Waals surface area contributed by atoms with E-state index in [1.54, 1.807) is 0 Å². The molecule has 1 aliphatic carbocycles. The zero-order chi connectivity index (χ0) is 21.5. The van der Waals surface area contributed by atoms with E-state index in [0.29, 0.717) is 27.6 Å². The summed E-state index contributed by atoms with van der Waals surface area (Å²) in [7, 11) is 0. The largest absolute Gasteiger partial charge is 0.284 e. The van der Waals surface area contributed by atoms with E-state index in [1.807, 2.05) is 60.5 Å². The van der Waals surface area contributed by atoms with Gasteiger partial charge in [0, 0.05) is 24.0 Å². The number of para-hydroxylation sites is 1. The summed E-state index contributed by atoms with van der Waals surface area (Å²) < 4.78 is 0. The lowest BCUT2D eigenvalue weighted by Crippen LogP contribution is -2.45. The van der Waals surface area contributed by atoms with Gasteiger partial charge in [0.05, 0.1) is 16.8 Å². The van der Waals surface area contributed by atoms with Gasteiger partial charge in [-0.2, -0.15) is 5.10 Å². The van der Waals surface area contributed by atoms with Crippen molar-refractivity contribution in [3.05, 3.63) is 64.1 Å². The van der Waals surface area contributed by atoms with Gasteiger partial charge in [-0.3, -0.25) is 15.2 Å². The fraction of sp³-hybridized carbons (Fsp3) is 0.417. The van der Waals surface area contributed by atoms with E-state index in [2.05, 4.69) is 10.4 Å². The van der Waals surface area contributed by atoms with Gasteiger partial charge in [0.25, 0.3) is 5.91 Å². The van der Waals surface area contributed by atoms with E-state index in [0.717, 1.165) is 24.3 Å². The molecule has 0 spiro atoms. The first kappa shape index (κ1) is 20.8. The number of halogens is 2. The normalized spacial score (nSPS) is 28.0. The molecular formula is C24H26Cl2N4O. The van der Waals surface area contributed by atoms with Gasteiger partial charge in [0.1, 0.15) is 5.71 Å². The molecule has 4 unspecified atom stereocenters. The maximum Gasteiger partial charge on any atom is 0.282 e. The van der Waals surface area contributed by atoms with E-state index < -0.39 is 0 Å². The molecule has 7 heteroatoms. The highest BCUT2D eigenvalue weighted by Crippen LogP contribution is 2.42. The number of carbonyl (C=O) groups excluding carboxylic acids is 1. The van der Waals surface area contributed by atoms with Crippen LogP contribution in [0.4, 0.5) is 5.69 Å². The number of hydrazone groups is 1. The van der Waals surface area contributed by atoms with Crippen LogP contribution in [0.5, 0.6) is 0 Å². The van der Waals surface area contributed by atoms with Crippen LogP contribution >= 0.6 is 23.2 Å². The maximum absolute atomic E-state index is 13.3. The average molecular weight is 457 g/mol. The number of hydrazine groups is 1. The Hall–Kier alpha value is -2.08. The Bertz CT molecular complexity index is 997. The molecule has 1 saturated heterocycles. The Balaban J connectivity index is 1.43. The smallest absolute Gasteiger partial charge is 0.282 e. The molecule has 1 amide bonds. The Kier molecular flexibility index (Phi) is 5.67. The molecule has 2 heterocycles. The topological polar surface area (TPSA) is 47.9 Å². The van der Waals surface area contributed by atoms with Gasteiger partial charge in [-0.05, 0) is 54.5 Å². The Morgan fingerprint density at radius 2 is 1.71 bits per heavy atom. The van der Waals surface area contributed by atoms with Gasteiger partial charge in [-0.1, -0.05) is 60.8 Å². The van der Waals surface area contributed by atoms with Crippen LogP contribution in [0.15, 0.2) is 53.6 Å². The zero-order valence-electron chi connectivity index (χ0n) is 17.5. The van der Waals surface area contributed by atoms with Crippen molar-refractivity contribution >= 4 is 40.5 Å².